The van der Waals surface area contributed by atoms with Crippen LogP contribution in [0, 0.1) is 5.92 Å². The molecule has 0 atom stereocenters. The topological polar surface area (TPSA) is 17.1 Å². The quantitative estimate of drug-likeness (QED) is 0.598. The summed E-state index contributed by atoms with van der Waals surface area (Å²) in [6, 6.07) is 0. The van der Waals surface area contributed by atoms with E-state index in [4.69, 9.17) is 0 Å². The third-order valence-electron chi connectivity index (χ3n) is 0.609. The Labute approximate surface area is 57.6 Å². The Hall–Kier alpha value is 0.469. The number of carbonyl (C=O) groups excluding carboxylic acids is 1. The molecule has 0 amide bonds. The number of hydrogen-bond donors (Lipinski definition) is 0. The molecule has 0 heterocycles. The molecule has 0 aliphatic heterocycles. The number of carbonyl (C=O) groups is 1. The van der Waals surface area contributed by atoms with Crippen molar-refractivity contribution in [3.05, 3.63) is 0 Å². The molecule has 0 saturated heterocycles. The van der Waals surface area contributed by atoms with E-state index in [2.05, 4.69) is 13.8 Å². The molecule has 0 bridgehead atoms. The van der Waals surface area contributed by atoms with E-state index < -0.39 is 0 Å². The second-order valence-corrected chi connectivity index (χ2v) is 3.90. The van der Waals surface area contributed by atoms with Crippen molar-refractivity contribution < 1.29 is 4.79 Å². The van der Waals surface area contributed by atoms with Gasteiger partial charge in [0.15, 0.2) is 0 Å². The van der Waals surface area contributed by atoms with Crippen molar-refractivity contribution in [3.8, 4) is 0 Å². The van der Waals surface area contributed by atoms with Crippen LogP contribution >= 0.6 is 0 Å². The van der Waals surface area contributed by atoms with Gasteiger partial charge in [-0.25, -0.2) is 0 Å². The Morgan fingerprint density at radius 2 is 2.14 bits per heavy atom. The van der Waals surface area contributed by atoms with Gasteiger partial charge in [-0.1, -0.05) is 0 Å². The van der Waals surface area contributed by atoms with Crippen LogP contribution in [-0.4, -0.2) is 26.3 Å². The molecule has 0 rings (SSSR count). The first kappa shape index (κ1) is 7.47. The van der Waals surface area contributed by atoms with Crippen molar-refractivity contribution >= 4 is 26.3 Å². The van der Waals surface area contributed by atoms with Crippen molar-refractivity contribution in [1.82, 2.24) is 0 Å². The number of hydrogen-bond acceptors (Lipinski definition) is 1. The maximum atomic E-state index is 10.3. The first-order chi connectivity index (χ1) is 3.13. The Balaban J connectivity index is 3.13. The molecule has 0 aromatic carbocycles. The summed E-state index contributed by atoms with van der Waals surface area (Å²) in [6.45, 7) is 4.13. The van der Waals surface area contributed by atoms with E-state index in [1.54, 1.807) is 0 Å². The molecule has 2 radical (unpaired) electrons. The molecular weight excluding hydrogens is 195 g/mol. The van der Waals surface area contributed by atoms with Crippen LogP contribution in [0.1, 0.15) is 20.3 Å². The summed E-state index contributed by atoms with van der Waals surface area (Å²) in [5, 5.41) is 0. The van der Waals surface area contributed by atoms with E-state index >= 15 is 0 Å². The average Bonchev–Trinajstić information content (AvgIpc) is 1.27. The molecule has 7 heavy (non-hydrogen) atoms. The second kappa shape index (κ2) is 3.47. The monoisotopic (exact) mass is 206 g/mol. The molecule has 0 saturated carbocycles. The van der Waals surface area contributed by atoms with Crippen molar-refractivity contribution in [1.29, 1.82) is 0 Å². The van der Waals surface area contributed by atoms with Gasteiger partial charge < -0.3 is 0 Å². The summed E-state index contributed by atoms with van der Waals surface area (Å²) in [4.78, 5) is 10.3. The molecule has 0 N–H and O–H groups in total. The predicted molar refractivity (Wildman–Crippen MR) is 31.6 cm³/mol. The van der Waals surface area contributed by atoms with Crippen molar-refractivity contribution in [3.63, 3.8) is 0 Å². The van der Waals surface area contributed by atoms with Gasteiger partial charge in [-0.05, 0) is 0 Å². The zero-order valence-corrected chi connectivity index (χ0v) is 8.07. The molecular formula is C5H10OSn. The molecule has 0 fully saturated rings. The zero-order valence-electron chi connectivity index (χ0n) is 4.77. The summed E-state index contributed by atoms with van der Waals surface area (Å²) >= 11 is 0.785. The van der Waals surface area contributed by atoms with Gasteiger partial charge in [0.25, 0.3) is 0 Å². The van der Waals surface area contributed by atoms with Crippen LogP contribution in [0.3, 0.4) is 0 Å². The van der Waals surface area contributed by atoms with Gasteiger partial charge >= 0.3 is 57.3 Å². The van der Waals surface area contributed by atoms with Crippen LogP contribution in [0.2, 0.25) is 0 Å². The van der Waals surface area contributed by atoms with Crippen molar-refractivity contribution in [2.45, 2.75) is 20.3 Å². The fourth-order valence-electron chi connectivity index (χ4n) is 0.402. The molecule has 1 nitrogen and oxygen atoms in total. The van der Waals surface area contributed by atoms with Gasteiger partial charge in [0.05, 0.1) is 0 Å². The van der Waals surface area contributed by atoms with Gasteiger partial charge in [0.1, 0.15) is 0 Å². The van der Waals surface area contributed by atoms with Crippen LogP contribution in [0.25, 0.3) is 0 Å². The van der Waals surface area contributed by atoms with E-state index in [0.717, 1.165) is 28.9 Å². The Kier molecular flexibility index (Phi) is 3.70. The molecule has 0 unspecified atom stereocenters. The SMILES string of the molecule is CC(C)C[C](=O)[SnH]. The Morgan fingerprint density at radius 1 is 1.71 bits per heavy atom. The standard InChI is InChI=1S/C5H9O.Sn.H/c1-5(2)3-4-6;;/h5H,3H2,1-2H3;;. The van der Waals surface area contributed by atoms with Crippen molar-refractivity contribution in [2.75, 3.05) is 0 Å². The third kappa shape index (κ3) is 6.47. The fraction of sp³-hybridized carbons (Fsp3) is 0.800. The zero-order chi connectivity index (χ0) is 5.86. The third-order valence-corrected chi connectivity index (χ3v) is 1.28. The van der Waals surface area contributed by atoms with Crippen LogP contribution in [0.5, 0.6) is 0 Å². The van der Waals surface area contributed by atoms with E-state index in [9.17, 15) is 4.79 Å². The van der Waals surface area contributed by atoms with Gasteiger partial charge in [-0.15, -0.1) is 0 Å². The summed E-state index contributed by atoms with van der Waals surface area (Å²) in [5.41, 5.74) is 0. The van der Waals surface area contributed by atoms with Gasteiger partial charge in [-0.3, -0.25) is 0 Å². The Morgan fingerprint density at radius 3 is 2.14 bits per heavy atom. The normalized spacial score (nSPS) is 9.71. The summed E-state index contributed by atoms with van der Waals surface area (Å²) < 4.78 is 0.417. The molecule has 0 aliphatic carbocycles. The molecule has 40 valence electrons. The Bertz CT molecular complexity index is 68.5. The van der Waals surface area contributed by atoms with E-state index in [0.29, 0.717) is 9.72 Å². The minimum atomic E-state index is 0.417. The van der Waals surface area contributed by atoms with Gasteiger partial charge in [0, 0.05) is 0 Å². The molecule has 0 aromatic rings. The van der Waals surface area contributed by atoms with Gasteiger partial charge in [0.2, 0.25) is 0 Å². The van der Waals surface area contributed by atoms with Crippen LogP contribution in [0.4, 0.5) is 0 Å². The first-order valence-electron chi connectivity index (χ1n) is 2.41. The molecule has 0 aromatic heterocycles. The number of rotatable bonds is 2. The summed E-state index contributed by atoms with van der Waals surface area (Å²) in [5.74, 6) is 0.558. The van der Waals surface area contributed by atoms with E-state index in [1.807, 2.05) is 0 Å². The maximum absolute atomic E-state index is 10.3. The van der Waals surface area contributed by atoms with Crippen LogP contribution in [0.15, 0.2) is 0 Å². The first-order valence-corrected chi connectivity index (χ1v) is 4.06. The van der Waals surface area contributed by atoms with Gasteiger partial charge in [-0.2, -0.15) is 0 Å². The average molecular weight is 205 g/mol. The van der Waals surface area contributed by atoms with Crippen molar-refractivity contribution in [2.24, 2.45) is 5.92 Å². The molecule has 0 aliphatic rings. The molecule has 0 spiro atoms. The van der Waals surface area contributed by atoms with Crippen LogP contribution < -0.4 is 0 Å². The predicted octanol–water partition coefficient (Wildman–Crippen LogP) is 0.460. The van der Waals surface area contributed by atoms with E-state index in [-0.39, 0.29) is 0 Å². The summed E-state index contributed by atoms with van der Waals surface area (Å²) in [7, 11) is 0. The van der Waals surface area contributed by atoms with Crippen LogP contribution in [-0.2, 0) is 4.79 Å². The molecule has 2 heteroatoms. The van der Waals surface area contributed by atoms with E-state index in [1.165, 1.54) is 0 Å². The minimum absolute atomic E-state index is 0.417. The summed E-state index contributed by atoms with van der Waals surface area (Å²) in [6.07, 6.45) is 0.780. The fourth-order valence-corrected chi connectivity index (χ4v) is 1.75. The second-order valence-electron chi connectivity index (χ2n) is 2.06.